The molecule has 0 rings (SSSR count). The molecule has 0 aromatic rings. The number of hydrogen-bond acceptors (Lipinski definition) is 0. The van der Waals surface area contributed by atoms with Crippen LogP contribution in [0.5, 0.6) is 0 Å². The van der Waals surface area contributed by atoms with Crippen LogP contribution in [0.2, 0.25) is 0 Å². The van der Waals surface area contributed by atoms with Gasteiger partial charge in [0.2, 0.25) is 0 Å². The smallest absolute Gasteiger partial charge is 0.0499 e. The summed E-state index contributed by atoms with van der Waals surface area (Å²) < 4.78 is 0. The second kappa shape index (κ2) is 16.0. The van der Waals surface area contributed by atoms with E-state index in [1.165, 1.54) is 70.6 Å². The molecule has 0 aliphatic carbocycles. The zero-order chi connectivity index (χ0) is 15.1. The summed E-state index contributed by atoms with van der Waals surface area (Å²) in [7, 11) is 0. The normalized spacial score (nSPS) is 14.4. The molecular formula is C18H35Cl2. The van der Waals surface area contributed by atoms with Crippen molar-refractivity contribution in [1.29, 1.82) is 0 Å². The molecule has 0 N–H and O–H groups in total. The lowest BCUT2D eigenvalue weighted by Crippen LogP contribution is -2.14. The summed E-state index contributed by atoms with van der Waals surface area (Å²) in [5, 5.41) is 0.336. The second-order valence-corrected chi connectivity index (χ2v) is 7.12. The fourth-order valence-electron chi connectivity index (χ4n) is 2.53. The van der Waals surface area contributed by atoms with Crippen LogP contribution in [-0.2, 0) is 0 Å². The number of alkyl halides is 2. The highest BCUT2D eigenvalue weighted by Gasteiger charge is 2.15. The minimum absolute atomic E-state index is 0.167. The third-order valence-electron chi connectivity index (χ3n) is 3.96. The monoisotopic (exact) mass is 321 g/mol. The van der Waals surface area contributed by atoms with Crippen molar-refractivity contribution in [3.05, 3.63) is 6.92 Å². The van der Waals surface area contributed by atoms with E-state index >= 15 is 0 Å². The molecule has 0 bridgehead atoms. The Morgan fingerprint density at radius 1 is 0.650 bits per heavy atom. The molecule has 0 aliphatic rings. The van der Waals surface area contributed by atoms with Gasteiger partial charge in [-0.15, -0.1) is 23.2 Å². The van der Waals surface area contributed by atoms with Crippen molar-refractivity contribution in [2.24, 2.45) is 0 Å². The van der Waals surface area contributed by atoms with E-state index in [9.17, 15) is 0 Å². The van der Waals surface area contributed by atoms with Gasteiger partial charge in [-0.1, -0.05) is 90.9 Å². The molecular weight excluding hydrogens is 287 g/mol. The van der Waals surface area contributed by atoms with E-state index < -0.39 is 0 Å². The van der Waals surface area contributed by atoms with Gasteiger partial charge in [-0.2, -0.15) is 0 Å². The van der Waals surface area contributed by atoms with E-state index in [2.05, 4.69) is 13.8 Å². The van der Waals surface area contributed by atoms with Crippen molar-refractivity contribution in [3.8, 4) is 0 Å². The van der Waals surface area contributed by atoms with Gasteiger partial charge in [-0.25, -0.2) is 0 Å². The summed E-state index contributed by atoms with van der Waals surface area (Å²) in [5.41, 5.74) is 0. The minimum atomic E-state index is 0.167. The number of halogens is 2. The van der Waals surface area contributed by atoms with Crippen LogP contribution in [0.3, 0.4) is 0 Å². The summed E-state index contributed by atoms with van der Waals surface area (Å²) in [6.07, 6.45) is 17.6. The molecule has 0 aromatic heterocycles. The van der Waals surface area contributed by atoms with Gasteiger partial charge in [-0.3, -0.25) is 0 Å². The first-order valence-electron chi connectivity index (χ1n) is 8.79. The van der Waals surface area contributed by atoms with Crippen molar-refractivity contribution in [3.63, 3.8) is 0 Å². The first-order chi connectivity index (χ1) is 9.72. The molecule has 2 unspecified atom stereocenters. The molecule has 0 amide bonds. The Labute approximate surface area is 138 Å². The quantitative estimate of drug-likeness (QED) is 0.216. The Kier molecular flexibility index (Phi) is 16.4. The predicted octanol–water partition coefficient (Wildman–Crippen LogP) is 7.52. The fraction of sp³-hybridized carbons (Fsp3) is 0.944. The zero-order valence-electron chi connectivity index (χ0n) is 13.5. The van der Waals surface area contributed by atoms with Crippen molar-refractivity contribution in [1.82, 2.24) is 0 Å². The van der Waals surface area contributed by atoms with Crippen LogP contribution < -0.4 is 0 Å². The highest BCUT2D eigenvalue weighted by molar-refractivity contribution is 6.29. The van der Waals surface area contributed by atoms with Gasteiger partial charge < -0.3 is 0 Å². The summed E-state index contributed by atoms with van der Waals surface area (Å²) in [6, 6.07) is 0. The van der Waals surface area contributed by atoms with E-state index in [1.807, 2.05) is 0 Å². The molecule has 0 nitrogen and oxygen atoms in total. The van der Waals surface area contributed by atoms with Crippen LogP contribution in [0.4, 0.5) is 0 Å². The average Bonchev–Trinajstić information content (AvgIpc) is 2.45. The summed E-state index contributed by atoms with van der Waals surface area (Å²) >= 11 is 12.8. The Hall–Kier alpha value is 0.580. The van der Waals surface area contributed by atoms with E-state index in [0.717, 1.165) is 19.3 Å². The van der Waals surface area contributed by atoms with E-state index in [1.54, 1.807) is 0 Å². The van der Waals surface area contributed by atoms with E-state index in [4.69, 9.17) is 23.2 Å². The molecule has 0 saturated carbocycles. The molecule has 2 atom stereocenters. The van der Waals surface area contributed by atoms with Gasteiger partial charge in [-0.05, 0) is 12.8 Å². The molecule has 1 radical (unpaired) electrons. The highest BCUT2D eigenvalue weighted by atomic mass is 35.5. The van der Waals surface area contributed by atoms with E-state index in [0.29, 0.717) is 0 Å². The maximum Gasteiger partial charge on any atom is 0.0499 e. The van der Waals surface area contributed by atoms with Crippen molar-refractivity contribution in [2.75, 3.05) is 0 Å². The number of unbranched alkanes of at least 4 members (excludes halogenated alkanes) is 10. The predicted molar refractivity (Wildman–Crippen MR) is 95.0 cm³/mol. The van der Waals surface area contributed by atoms with Crippen LogP contribution in [0.25, 0.3) is 0 Å². The van der Waals surface area contributed by atoms with Crippen LogP contribution >= 0.6 is 23.2 Å². The lowest BCUT2D eigenvalue weighted by molar-refractivity contribution is 0.541. The maximum atomic E-state index is 6.39. The molecule has 2 heteroatoms. The minimum Gasteiger partial charge on any atom is -0.121 e. The van der Waals surface area contributed by atoms with Gasteiger partial charge >= 0.3 is 0 Å². The maximum absolute atomic E-state index is 6.39. The lowest BCUT2D eigenvalue weighted by Gasteiger charge is -2.16. The largest absolute Gasteiger partial charge is 0.121 e. The first kappa shape index (κ1) is 20.6. The molecule has 121 valence electrons. The molecule has 0 aromatic carbocycles. The zero-order valence-corrected chi connectivity index (χ0v) is 15.0. The fourth-order valence-corrected chi connectivity index (χ4v) is 3.09. The lowest BCUT2D eigenvalue weighted by atomic mass is 10.0. The Bertz CT molecular complexity index is 162. The molecule has 0 fully saturated rings. The summed E-state index contributed by atoms with van der Waals surface area (Å²) in [4.78, 5) is 0. The Morgan fingerprint density at radius 3 is 1.50 bits per heavy atom. The summed E-state index contributed by atoms with van der Waals surface area (Å²) in [5.74, 6) is 0. The third kappa shape index (κ3) is 13.6. The van der Waals surface area contributed by atoms with Gasteiger partial charge in [0.1, 0.15) is 0 Å². The summed E-state index contributed by atoms with van der Waals surface area (Å²) in [6.45, 7) is 6.12. The van der Waals surface area contributed by atoms with Gasteiger partial charge in [0.05, 0.1) is 0 Å². The average molecular weight is 322 g/mol. The number of hydrogen-bond donors (Lipinski definition) is 0. The van der Waals surface area contributed by atoms with Crippen LogP contribution in [0.15, 0.2) is 0 Å². The van der Waals surface area contributed by atoms with Gasteiger partial charge in [0.25, 0.3) is 0 Å². The van der Waals surface area contributed by atoms with Crippen molar-refractivity contribution < 1.29 is 0 Å². The molecule has 0 spiro atoms. The topological polar surface area (TPSA) is 0 Å². The molecule has 0 saturated heterocycles. The van der Waals surface area contributed by atoms with E-state index in [-0.39, 0.29) is 10.8 Å². The van der Waals surface area contributed by atoms with Crippen LogP contribution in [0, 0.1) is 6.92 Å². The van der Waals surface area contributed by atoms with Gasteiger partial charge in [0, 0.05) is 10.8 Å². The Balaban J connectivity index is 3.35. The second-order valence-electron chi connectivity index (χ2n) is 6.00. The van der Waals surface area contributed by atoms with Crippen molar-refractivity contribution in [2.45, 2.75) is 108 Å². The molecule has 0 heterocycles. The SMILES string of the molecule is [CH2]CCCCCCCC(Cl)C(Cl)CCCCCCCC. The molecule has 20 heavy (non-hydrogen) atoms. The first-order valence-corrected chi connectivity index (χ1v) is 9.67. The molecule has 0 aliphatic heterocycles. The third-order valence-corrected chi connectivity index (χ3v) is 5.13. The van der Waals surface area contributed by atoms with Crippen LogP contribution in [-0.4, -0.2) is 10.8 Å². The highest BCUT2D eigenvalue weighted by Crippen LogP contribution is 2.22. The standard InChI is InChI=1S/C18H35Cl2/c1-3-5-7-9-11-13-15-17(19)18(20)16-14-12-10-8-6-4-2/h17-18H,1,3-16H2,2H3. The van der Waals surface area contributed by atoms with Crippen molar-refractivity contribution >= 4 is 23.2 Å². The van der Waals surface area contributed by atoms with Gasteiger partial charge in [0.15, 0.2) is 0 Å². The Morgan fingerprint density at radius 2 is 1.05 bits per heavy atom. The number of rotatable bonds is 15. The van der Waals surface area contributed by atoms with Crippen LogP contribution in [0.1, 0.15) is 96.8 Å².